The molecule has 0 amide bonds. The van der Waals surface area contributed by atoms with Gasteiger partial charge in [0.25, 0.3) is 0 Å². The maximum absolute atomic E-state index is 9.30. The molecule has 7 rings (SSSR count). The van der Waals surface area contributed by atoms with Gasteiger partial charge in [0.1, 0.15) is 0 Å². The van der Waals surface area contributed by atoms with Crippen LogP contribution in [0, 0.1) is 11.3 Å². The maximum atomic E-state index is 9.30. The minimum Gasteiger partial charge on any atom is -0.208 e. The van der Waals surface area contributed by atoms with Gasteiger partial charge in [-0.2, -0.15) is 5.26 Å². The van der Waals surface area contributed by atoms with Crippen LogP contribution in [0.25, 0.3) is 67.2 Å². The van der Waals surface area contributed by atoms with E-state index in [-0.39, 0.29) is 0 Å². The Morgan fingerprint density at radius 2 is 0.929 bits per heavy atom. The number of aromatic nitrogens is 3. The van der Waals surface area contributed by atoms with Gasteiger partial charge in [-0.25, -0.2) is 15.0 Å². The van der Waals surface area contributed by atoms with Crippen LogP contribution in [0.4, 0.5) is 0 Å². The molecule has 0 unspecified atom stereocenters. The molecule has 0 bridgehead atoms. The molecule has 0 N–H and O–H groups in total. The number of benzene rings is 6. The summed E-state index contributed by atoms with van der Waals surface area (Å²) < 4.78 is 0. The van der Waals surface area contributed by atoms with Crippen LogP contribution < -0.4 is 0 Å². The molecule has 1 heterocycles. The van der Waals surface area contributed by atoms with Gasteiger partial charge in [-0.3, -0.25) is 0 Å². The molecule has 0 radical (unpaired) electrons. The first-order valence-corrected chi connectivity index (χ1v) is 13.8. The quantitative estimate of drug-likeness (QED) is 0.220. The Kier molecular flexibility index (Phi) is 6.52. The Balaban J connectivity index is 1.47. The summed E-state index contributed by atoms with van der Waals surface area (Å²) in [7, 11) is 0. The summed E-state index contributed by atoms with van der Waals surface area (Å²) in [6.07, 6.45) is 0. The molecule has 4 heteroatoms. The van der Waals surface area contributed by atoms with Gasteiger partial charge in [0.05, 0.1) is 11.6 Å². The van der Waals surface area contributed by atoms with E-state index >= 15 is 0 Å². The van der Waals surface area contributed by atoms with Crippen LogP contribution >= 0.6 is 0 Å². The monoisotopic (exact) mass is 536 g/mol. The van der Waals surface area contributed by atoms with Crippen LogP contribution in [0.1, 0.15) is 5.56 Å². The lowest BCUT2D eigenvalue weighted by Crippen LogP contribution is -2.00. The molecule has 0 aliphatic rings. The van der Waals surface area contributed by atoms with Gasteiger partial charge in [0.15, 0.2) is 17.5 Å². The summed E-state index contributed by atoms with van der Waals surface area (Å²) in [5.41, 5.74) is 7.65. The highest BCUT2D eigenvalue weighted by molar-refractivity contribution is 5.98. The van der Waals surface area contributed by atoms with E-state index in [0.717, 1.165) is 38.9 Å². The second kappa shape index (κ2) is 10.9. The average molecular weight is 537 g/mol. The van der Waals surface area contributed by atoms with E-state index < -0.39 is 0 Å². The van der Waals surface area contributed by atoms with Gasteiger partial charge in [-0.15, -0.1) is 0 Å². The largest absolute Gasteiger partial charge is 0.208 e. The summed E-state index contributed by atoms with van der Waals surface area (Å²) in [5.74, 6) is 1.74. The minimum atomic E-state index is 0.556. The number of nitriles is 1. The third-order valence-corrected chi connectivity index (χ3v) is 7.34. The lowest BCUT2D eigenvalue weighted by molar-refractivity contribution is 1.07. The normalized spacial score (nSPS) is 10.8. The van der Waals surface area contributed by atoms with Gasteiger partial charge in [-0.05, 0) is 75.5 Å². The van der Waals surface area contributed by atoms with Gasteiger partial charge < -0.3 is 0 Å². The average Bonchev–Trinajstić information content (AvgIpc) is 3.08. The van der Waals surface area contributed by atoms with E-state index in [9.17, 15) is 5.26 Å². The van der Waals surface area contributed by atoms with Crippen molar-refractivity contribution in [2.24, 2.45) is 0 Å². The van der Waals surface area contributed by atoms with Crippen LogP contribution in [0.3, 0.4) is 0 Å². The predicted octanol–water partition coefficient (Wildman–Crippen LogP) is 9.23. The fourth-order valence-electron chi connectivity index (χ4n) is 5.23. The molecule has 1 aromatic heterocycles. The zero-order valence-electron chi connectivity index (χ0n) is 22.6. The van der Waals surface area contributed by atoms with Crippen LogP contribution in [0.2, 0.25) is 0 Å². The Bertz CT molecular complexity index is 2070. The molecule has 196 valence electrons. The van der Waals surface area contributed by atoms with Gasteiger partial charge in [0, 0.05) is 16.7 Å². The zero-order chi connectivity index (χ0) is 28.3. The Morgan fingerprint density at radius 3 is 1.62 bits per heavy atom. The Morgan fingerprint density at radius 1 is 0.405 bits per heavy atom. The fraction of sp³-hybridized carbons (Fsp3) is 0. The first-order chi connectivity index (χ1) is 20.7. The number of nitrogens with zero attached hydrogens (tertiary/aromatic N) is 4. The van der Waals surface area contributed by atoms with E-state index in [1.54, 1.807) is 12.1 Å². The zero-order valence-corrected chi connectivity index (χ0v) is 22.6. The highest BCUT2D eigenvalue weighted by atomic mass is 15.0. The molecule has 0 aliphatic carbocycles. The summed E-state index contributed by atoms with van der Waals surface area (Å²) >= 11 is 0. The van der Waals surface area contributed by atoms with E-state index in [1.165, 1.54) is 10.8 Å². The number of hydrogen-bond acceptors (Lipinski definition) is 4. The third kappa shape index (κ3) is 4.92. The second-order valence-electron chi connectivity index (χ2n) is 10.1. The molecule has 0 saturated carbocycles. The van der Waals surface area contributed by atoms with Crippen molar-refractivity contribution < 1.29 is 0 Å². The van der Waals surface area contributed by atoms with Crippen molar-refractivity contribution in [3.8, 4) is 62.5 Å². The van der Waals surface area contributed by atoms with E-state index in [2.05, 4.69) is 91.0 Å². The molecular formula is C38H24N4. The highest BCUT2D eigenvalue weighted by Gasteiger charge is 2.15. The van der Waals surface area contributed by atoms with Crippen LogP contribution in [0.15, 0.2) is 146 Å². The highest BCUT2D eigenvalue weighted by Crippen LogP contribution is 2.36. The van der Waals surface area contributed by atoms with Crippen molar-refractivity contribution >= 4 is 10.8 Å². The topological polar surface area (TPSA) is 62.5 Å². The summed E-state index contributed by atoms with van der Waals surface area (Å²) in [4.78, 5) is 14.8. The van der Waals surface area contributed by atoms with Crippen molar-refractivity contribution in [2.45, 2.75) is 0 Å². The van der Waals surface area contributed by atoms with E-state index in [0.29, 0.717) is 23.0 Å². The van der Waals surface area contributed by atoms with Crippen LogP contribution in [-0.4, -0.2) is 15.0 Å². The predicted molar refractivity (Wildman–Crippen MR) is 169 cm³/mol. The van der Waals surface area contributed by atoms with Crippen LogP contribution in [-0.2, 0) is 0 Å². The number of fused-ring (bicyclic) bond motifs is 1. The van der Waals surface area contributed by atoms with Gasteiger partial charge in [-0.1, -0.05) is 103 Å². The molecule has 7 aromatic rings. The summed E-state index contributed by atoms with van der Waals surface area (Å²) in [6, 6.07) is 51.3. The lowest BCUT2D eigenvalue weighted by atomic mass is 9.93. The van der Waals surface area contributed by atoms with Gasteiger partial charge in [0.2, 0.25) is 0 Å². The van der Waals surface area contributed by atoms with Crippen molar-refractivity contribution in [2.75, 3.05) is 0 Å². The van der Waals surface area contributed by atoms with Crippen molar-refractivity contribution in [1.29, 1.82) is 5.26 Å². The Labute approximate surface area is 244 Å². The van der Waals surface area contributed by atoms with Gasteiger partial charge >= 0.3 is 0 Å². The smallest absolute Gasteiger partial charge is 0.164 e. The molecule has 4 nitrogen and oxygen atoms in total. The molecule has 0 saturated heterocycles. The molecule has 6 aromatic carbocycles. The second-order valence-corrected chi connectivity index (χ2v) is 10.1. The fourth-order valence-corrected chi connectivity index (χ4v) is 5.23. The summed E-state index contributed by atoms with van der Waals surface area (Å²) in [5, 5.41) is 11.7. The van der Waals surface area contributed by atoms with Crippen molar-refractivity contribution in [3.05, 3.63) is 151 Å². The van der Waals surface area contributed by atoms with Crippen molar-refractivity contribution in [3.63, 3.8) is 0 Å². The molecular weight excluding hydrogens is 512 g/mol. The molecule has 0 fully saturated rings. The lowest BCUT2D eigenvalue weighted by Gasteiger charge is -2.13. The first kappa shape index (κ1) is 25.1. The SMILES string of the molecule is N#Cc1ccc(-c2nc(-c3ccccc3)nc(-c3cc(-c4ccccc4)cc(-c4cccc5ccccc45)c3)n2)cc1. The molecule has 42 heavy (non-hydrogen) atoms. The Hall–Kier alpha value is -5.92. The third-order valence-electron chi connectivity index (χ3n) is 7.34. The van der Waals surface area contributed by atoms with Crippen molar-refractivity contribution in [1.82, 2.24) is 15.0 Å². The summed E-state index contributed by atoms with van der Waals surface area (Å²) in [6.45, 7) is 0. The molecule has 0 aliphatic heterocycles. The van der Waals surface area contributed by atoms with E-state index in [1.807, 2.05) is 48.5 Å². The maximum Gasteiger partial charge on any atom is 0.164 e. The van der Waals surface area contributed by atoms with E-state index in [4.69, 9.17) is 15.0 Å². The standard InChI is InChI=1S/C38H24N4/c39-25-26-18-20-30(21-19-26)37-40-36(29-13-5-2-6-14-29)41-38(42-37)33-23-31(27-10-3-1-4-11-27)22-32(24-33)35-17-9-15-28-12-7-8-16-34(28)35/h1-24H. The molecule has 0 spiro atoms. The molecule has 0 atom stereocenters. The van der Waals surface area contributed by atoms with Crippen LogP contribution in [0.5, 0.6) is 0 Å². The minimum absolute atomic E-state index is 0.556. The number of rotatable bonds is 5. The first-order valence-electron chi connectivity index (χ1n) is 13.8. The number of hydrogen-bond donors (Lipinski definition) is 0.